The minimum Gasteiger partial charge on any atom is -0.449 e. The molecule has 4 aromatic rings. The average molecular weight is 692 g/mol. The van der Waals surface area contributed by atoms with Crippen LogP contribution in [-0.4, -0.2) is 11.4 Å². The molecular formula is C28H2F14N4O2. The van der Waals surface area contributed by atoms with E-state index in [1.807, 2.05) is 0 Å². The Labute approximate surface area is 254 Å². The van der Waals surface area contributed by atoms with Gasteiger partial charge in [-0.2, -0.15) is 25.6 Å². The second-order valence-corrected chi connectivity index (χ2v) is 8.96. The van der Waals surface area contributed by atoms with E-state index in [2.05, 4.69) is 15.0 Å². The molecule has 0 radical (unpaired) electrons. The van der Waals surface area contributed by atoms with Gasteiger partial charge in [-0.05, 0) is 0 Å². The molecular weight excluding hydrogens is 690 g/mol. The van der Waals surface area contributed by atoms with Gasteiger partial charge in [-0.1, -0.05) is 0 Å². The maximum absolute atomic E-state index is 15.2. The maximum Gasteiger partial charge on any atom is 0.206 e. The molecule has 1 aliphatic carbocycles. The zero-order chi connectivity index (χ0) is 35.5. The summed E-state index contributed by atoms with van der Waals surface area (Å²) in [5.41, 5.74) is -2.08. The summed E-state index contributed by atoms with van der Waals surface area (Å²) < 4.78 is 211. The van der Waals surface area contributed by atoms with E-state index in [0.717, 1.165) is 6.19 Å². The molecule has 244 valence electrons. The second-order valence-electron chi connectivity index (χ2n) is 8.96. The molecule has 6 nitrogen and oxygen atoms in total. The number of ether oxygens (including phenoxy) is 2. The Kier molecular flexibility index (Phi) is 8.21. The highest BCUT2D eigenvalue weighted by molar-refractivity contribution is 6.22. The molecule has 0 fully saturated rings. The SMILES string of the molecule is [C-]#[N+]/N=C1/C=C(Oc2c(F)c(F)c3c(F)c(F)c(F)c(F)c3c2F)C(=NC#N)C=C1Oc1c(F)c(F)c2c(F)c(F)c(F)c(F)c2c1F. The van der Waals surface area contributed by atoms with Gasteiger partial charge >= 0.3 is 0 Å². The number of halogens is 14. The molecule has 0 N–H and O–H groups in total. The van der Waals surface area contributed by atoms with Crippen molar-refractivity contribution >= 4 is 33.0 Å². The van der Waals surface area contributed by atoms with Gasteiger partial charge in [0.1, 0.15) is 5.71 Å². The van der Waals surface area contributed by atoms with Gasteiger partial charge in [-0.15, -0.1) is 4.95 Å². The number of nitriles is 1. The molecule has 0 heterocycles. The first kappa shape index (κ1) is 33.2. The van der Waals surface area contributed by atoms with Crippen LogP contribution in [0, 0.1) is 99.5 Å². The lowest BCUT2D eigenvalue weighted by atomic mass is 10.0. The third kappa shape index (κ3) is 4.80. The van der Waals surface area contributed by atoms with Crippen molar-refractivity contribution < 1.29 is 70.9 Å². The van der Waals surface area contributed by atoms with Crippen molar-refractivity contribution in [1.82, 2.24) is 0 Å². The highest BCUT2D eigenvalue weighted by Crippen LogP contribution is 2.41. The highest BCUT2D eigenvalue weighted by atomic mass is 19.2. The number of nitrogens with zero attached hydrogens (tertiary/aromatic N) is 4. The van der Waals surface area contributed by atoms with Crippen molar-refractivity contribution in [3.63, 3.8) is 0 Å². The van der Waals surface area contributed by atoms with Crippen molar-refractivity contribution in [2.75, 3.05) is 0 Å². The van der Waals surface area contributed by atoms with Gasteiger partial charge in [0, 0.05) is 12.2 Å². The average Bonchev–Trinajstić information content (AvgIpc) is 3.05. The van der Waals surface area contributed by atoms with E-state index in [1.165, 1.54) is 0 Å². The lowest BCUT2D eigenvalue weighted by Crippen LogP contribution is -2.21. The van der Waals surface area contributed by atoms with E-state index in [0.29, 0.717) is 12.2 Å². The van der Waals surface area contributed by atoms with E-state index in [-0.39, 0.29) is 0 Å². The smallest absolute Gasteiger partial charge is 0.206 e. The summed E-state index contributed by atoms with van der Waals surface area (Å²) in [6.45, 7) is 6.93. The third-order valence-electron chi connectivity index (χ3n) is 6.39. The van der Waals surface area contributed by atoms with Crippen LogP contribution in [-0.2, 0) is 0 Å². The van der Waals surface area contributed by atoms with Gasteiger partial charge in [-0.3, -0.25) is 0 Å². The quantitative estimate of drug-likeness (QED) is 0.0411. The number of aliphatic imine (C=N–C) groups is 1. The van der Waals surface area contributed by atoms with Crippen molar-refractivity contribution in [2.45, 2.75) is 0 Å². The third-order valence-corrected chi connectivity index (χ3v) is 6.39. The summed E-state index contributed by atoms with van der Waals surface area (Å²) in [6.07, 6.45) is 1.72. The Bertz CT molecular complexity index is 2210. The minimum atomic E-state index is -2.64. The number of hydrogen-bond acceptors (Lipinski definition) is 5. The summed E-state index contributed by atoms with van der Waals surface area (Å²) in [5, 5.41) is 4.12. The molecule has 5 rings (SSSR count). The molecule has 0 amide bonds. The van der Waals surface area contributed by atoms with Gasteiger partial charge < -0.3 is 9.47 Å². The van der Waals surface area contributed by atoms with E-state index in [9.17, 15) is 52.7 Å². The van der Waals surface area contributed by atoms with Crippen molar-refractivity contribution in [2.24, 2.45) is 10.1 Å². The zero-order valence-electron chi connectivity index (χ0n) is 22.1. The summed E-state index contributed by atoms with van der Waals surface area (Å²) >= 11 is 0. The molecule has 0 saturated carbocycles. The van der Waals surface area contributed by atoms with E-state index in [1.54, 1.807) is 0 Å². The van der Waals surface area contributed by atoms with Crippen LogP contribution in [0.15, 0.2) is 33.8 Å². The van der Waals surface area contributed by atoms with Gasteiger partial charge in [0.15, 0.2) is 87.0 Å². The number of benzene rings is 4. The fraction of sp³-hybridized carbons (Fsp3) is 0. The van der Waals surface area contributed by atoms with Gasteiger partial charge in [-0.25, -0.2) is 52.7 Å². The molecule has 20 heteroatoms. The number of allylic oxidation sites excluding steroid dienone is 2. The first-order valence-corrected chi connectivity index (χ1v) is 11.9. The van der Waals surface area contributed by atoms with E-state index >= 15 is 8.78 Å². The maximum atomic E-state index is 15.2. The van der Waals surface area contributed by atoms with Crippen LogP contribution in [0.3, 0.4) is 0 Å². The van der Waals surface area contributed by atoms with Crippen molar-refractivity contribution in [1.29, 1.82) is 5.26 Å². The Morgan fingerprint density at radius 1 is 0.479 bits per heavy atom. The predicted octanol–water partition coefficient (Wildman–Crippen LogP) is 8.38. The van der Waals surface area contributed by atoms with Crippen LogP contribution in [0.1, 0.15) is 0 Å². The summed E-state index contributed by atoms with van der Waals surface area (Å²) in [7, 11) is 0. The van der Waals surface area contributed by atoms with Crippen molar-refractivity contribution in [3.05, 3.63) is 117 Å². The summed E-state index contributed by atoms with van der Waals surface area (Å²) in [4.78, 5) is 5.63. The van der Waals surface area contributed by atoms with Gasteiger partial charge in [0.25, 0.3) is 0 Å². The molecule has 0 spiro atoms. The van der Waals surface area contributed by atoms with Crippen LogP contribution < -0.4 is 9.47 Å². The summed E-state index contributed by atoms with van der Waals surface area (Å²) in [5.74, 6) is -41.8. The zero-order valence-corrected chi connectivity index (χ0v) is 22.1. The Morgan fingerprint density at radius 3 is 1.15 bits per heavy atom. The first-order valence-electron chi connectivity index (χ1n) is 11.9. The summed E-state index contributed by atoms with van der Waals surface area (Å²) in [6, 6.07) is 0. The molecule has 0 bridgehead atoms. The molecule has 0 aliphatic heterocycles. The topological polar surface area (TPSA) is 71.3 Å². The monoisotopic (exact) mass is 692 g/mol. The number of fused-ring (bicyclic) bond motifs is 2. The van der Waals surface area contributed by atoms with Crippen LogP contribution in [0.4, 0.5) is 61.5 Å². The van der Waals surface area contributed by atoms with E-state index in [4.69, 9.17) is 21.3 Å². The molecule has 0 atom stereocenters. The predicted molar refractivity (Wildman–Crippen MR) is 132 cm³/mol. The van der Waals surface area contributed by atoms with Crippen LogP contribution >= 0.6 is 0 Å². The van der Waals surface area contributed by atoms with Crippen LogP contribution in [0.25, 0.3) is 26.5 Å². The molecule has 1 aliphatic rings. The fourth-order valence-corrected chi connectivity index (χ4v) is 4.30. The van der Waals surface area contributed by atoms with Crippen LogP contribution in [0.5, 0.6) is 11.5 Å². The standard InChI is InChI=1S/C28H2F14N4O2/c1-44-46-6-3-7(47-27-19(35)11-9(17(33)25(27)41)13(29)21(37)23(39)15(11)31)5(45-4-43)2-8(6)48-28-20(36)12-10(18(34)26(28)42)14(30)22(38)24(40)16(12)32/h2-3H/b45-5?,46-6-. The number of rotatable bonds is 4. The van der Waals surface area contributed by atoms with Gasteiger partial charge in [0.2, 0.25) is 29.3 Å². The largest absolute Gasteiger partial charge is 0.449 e. The molecule has 0 unspecified atom stereocenters. The van der Waals surface area contributed by atoms with Crippen molar-refractivity contribution in [3.8, 4) is 17.7 Å². The second kappa shape index (κ2) is 11.9. The molecule has 0 saturated heterocycles. The Hall–Kier alpha value is -6.18. The Morgan fingerprint density at radius 2 is 0.792 bits per heavy atom. The van der Waals surface area contributed by atoms with E-state index < -0.39 is 137 Å². The highest BCUT2D eigenvalue weighted by Gasteiger charge is 2.35. The normalized spacial score (nSPS) is 14.8. The Balaban J connectivity index is 1.67. The molecule has 48 heavy (non-hydrogen) atoms. The minimum absolute atomic E-state index is 0.314. The van der Waals surface area contributed by atoms with Gasteiger partial charge in [0.05, 0.1) is 26.6 Å². The van der Waals surface area contributed by atoms with Crippen LogP contribution in [0.2, 0.25) is 0 Å². The molecule has 4 aromatic carbocycles. The first-order chi connectivity index (χ1) is 22.6. The lowest BCUT2D eigenvalue weighted by Gasteiger charge is -2.19. The molecule has 0 aromatic heterocycles. The fourth-order valence-electron chi connectivity index (χ4n) is 4.30. The number of hydrogen-bond donors (Lipinski definition) is 0. The lowest BCUT2D eigenvalue weighted by molar-refractivity contribution is 0.364.